The second-order valence-corrected chi connectivity index (χ2v) is 5.31. The maximum atomic E-state index is 13.1. The van der Waals surface area contributed by atoms with Crippen LogP contribution in [-0.2, 0) is 6.42 Å². The standard InChI is InChI=1S/C15H13BrFN3/c16-13-2-1-3-14-19-15(12(8-9-18)20(13)14)10-4-6-11(17)7-5-10/h1-7H,8-9,18H2. The molecule has 2 N–H and O–H groups in total. The van der Waals surface area contributed by atoms with Crippen molar-refractivity contribution in [3.05, 3.63) is 58.6 Å². The van der Waals surface area contributed by atoms with Crippen LogP contribution in [0.3, 0.4) is 0 Å². The average Bonchev–Trinajstić information content (AvgIpc) is 2.80. The van der Waals surface area contributed by atoms with Crippen LogP contribution in [0.15, 0.2) is 47.1 Å². The Labute approximate surface area is 124 Å². The highest BCUT2D eigenvalue weighted by Crippen LogP contribution is 2.27. The van der Waals surface area contributed by atoms with Crippen LogP contribution in [0.2, 0.25) is 0 Å². The third-order valence-corrected chi connectivity index (χ3v) is 3.81. The molecule has 5 heteroatoms. The Hall–Kier alpha value is -1.72. The van der Waals surface area contributed by atoms with E-state index in [-0.39, 0.29) is 5.82 Å². The summed E-state index contributed by atoms with van der Waals surface area (Å²) in [6, 6.07) is 12.2. The van der Waals surface area contributed by atoms with E-state index < -0.39 is 0 Å². The number of benzene rings is 1. The molecule has 0 spiro atoms. The van der Waals surface area contributed by atoms with Gasteiger partial charge >= 0.3 is 0 Å². The van der Waals surface area contributed by atoms with E-state index in [0.717, 1.165) is 27.2 Å². The maximum absolute atomic E-state index is 13.1. The Bertz CT molecular complexity index is 750. The first-order valence-electron chi connectivity index (χ1n) is 6.32. The largest absolute Gasteiger partial charge is 0.330 e. The molecule has 2 heterocycles. The Morgan fingerprint density at radius 3 is 2.60 bits per heavy atom. The summed E-state index contributed by atoms with van der Waals surface area (Å²) in [4.78, 5) is 4.65. The van der Waals surface area contributed by atoms with Gasteiger partial charge in [0.1, 0.15) is 11.5 Å². The van der Waals surface area contributed by atoms with Gasteiger partial charge in [-0.25, -0.2) is 9.37 Å². The predicted octanol–water partition coefficient (Wildman–Crippen LogP) is 3.40. The molecular weight excluding hydrogens is 321 g/mol. The highest BCUT2D eigenvalue weighted by atomic mass is 79.9. The van der Waals surface area contributed by atoms with Gasteiger partial charge in [-0.15, -0.1) is 0 Å². The number of halogens is 2. The zero-order chi connectivity index (χ0) is 14.1. The van der Waals surface area contributed by atoms with Crippen molar-refractivity contribution < 1.29 is 4.39 Å². The Morgan fingerprint density at radius 1 is 1.15 bits per heavy atom. The first kappa shape index (κ1) is 13.3. The SMILES string of the molecule is NCCc1c(-c2ccc(F)cc2)nc2cccc(Br)n12. The lowest BCUT2D eigenvalue weighted by molar-refractivity contribution is 0.628. The summed E-state index contributed by atoms with van der Waals surface area (Å²) in [5.41, 5.74) is 9.34. The van der Waals surface area contributed by atoms with Crippen molar-refractivity contribution >= 4 is 21.6 Å². The maximum Gasteiger partial charge on any atom is 0.138 e. The van der Waals surface area contributed by atoms with Crippen molar-refractivity contribution in [1.29, 1.82) is 0 Å². The lowest BCUT2D eigenvalue weighted by Crippen LogP contribution is -2.06. The number of fused-ring (bicyclic) bond motifs is 1. The highest BCUT2D eigenvalue weighted by molar-refractivity contribution is 9.10. The van der Waals surface area contributed by atoms with Crippen LogP contribution in [0, 0.1) is 5.82 Å². The minimum Gasteiger partial charge on any atom is -0.330 e. The van der Waals surface area contributed by atoms with Crippen molar-refractivity contribution in [2.24, 2.45) is 5.73 Å². The predicted molar refractivity (Wildman–Crippen MR) is 81.0 cm³/mol. The molecule has 20 heavy (non-hydrogen) atoms. The van der Waals surface area contributed by atoms with Gasteiger partial charge in [0.2, 0.25) is 0 Å². The molecule has 0 aliphatic rings. The lowest BCUT2D eigenvalue weighted by Gasteiger charge is -2.05. The Balaban J connectivity index is 2.26. The molecule has 0 saturated carbocycles. The van der Waals surface area contributed by atoms with Gasteiger partial charge in [0.15, 0.2) is 0 Å². The highest BCUT2D eigenvalue weighted by Gasteiger charge is 2.14. The van der Waals surface area contributed by atoms with E-state index in [1.807, 2.05) is 22.6 Å². The minimum absolute atomic E-state index is 0.251. The summed E-state index contributed by atoms with van der Waals surface area (Å²) in [6.07, 6.45) is 0.705. The number of nitrogens with two attached hydrogens (primary N) is 1. The van der Waals surface area contributed by atoms with Gasteiger partial charge in [0.25, 0.3) is 0 Å². The van der Waals surface area contributed by atoms with Crippen LogP contribution in [-0.4, -0.2) is 15.9 Å². The normalized spacial score (nSPS) is 11.2. The zero-order valence-corrected chi connectivity index (χ0v) is 12.3. The van der Waals surface area contributed by atoms with Gasteiger partial charge in [-0.3, -0.25) is 4.40 Å². The van der Waals surface area contributed by atoms with E-state index in [9.17, 15) is 4.39 Å². The molecule has 3 nitrogen and oxygen atoms in total. The average molecular weight is 334 g/mol. The van der Waals surface area contributed by atoms with Gasteiger partial charge in [0.05, 0.1) is 16.0 Å². The lowest BCUT2D eigenvalue weighted by atomic mass is 10.1. The fourth-order valence-corrected chi connectivity index (χ4v) is 2.87. The molecule has 3 rings (SSSR count). The van der Waals surface area contributed by atoms with E-state index in [1.54, 1.807) is 12.1 Å². The molecule has 0 unspecified atom stereocenters. The number of hydrogen-bond donors (Lipinski definition) is 1. The number of hydrogen-bond acceptors (Lipinski definition) is 2. The number of pyridine rings is 1. The molecule has 1 aromatic carbocycles. The van der Waals surface area contributed by atoms with Crippen LogP contribution in [0.1, 0.15) is 5.69 Å². The third-order valence-electron chi connectivity index (χ3n) is 3.19. The van der Waals surface area contributed by atoms with Crippen molar-refractivity contribution in [3.8, 4) is 11.3 Å². The summed E-state index contributed by atoms with van der Waals surface area (Å²) < 4.78 is 16.0. The van der Waals surface area contributed by atoms with Gasteiger partial charge in [-0.05, 0) is 58.9 Å². The third kappa shape index (κ3) is 2.23. The van der Waals surface area contributed by atoms with Crippen molar-refractivity contribution in [2.45, 2.75) is 6.42 Å². The molecule has 0 fully saturated rings. The smallest absolute Gasteiger partial charge is 0.138 e. The van der Waals surface area contributed by atoms with Gasteiger partial charge in [0, 0.05) is 12.0 Å². The molecule has 2 aromatic heterocycles. The van der Waals surface area contributed by atoms with E-state index in [2.05, 4.69) is 20.9 Å². The van der Waals surface area contributed by atoms with Crippen molar-refractivity contribution in [3.63, 3.8) is 0 Å². The molecule has 0 bridgehead atoms. The van der Waals surface area contributed by atoms with Crippen LogP contribution in [0.25, 0.3) is 16.9 Å². The molecular formula is C15H13BrFN3. The quantitative estimate of drug-likeness (QED) is 0.746. The van der Waals surface area contributed by atoms with E-state index >= 15 is 0 Å². The van der Waals surface area contributed by atoms with E-state index in [0.29, 0.717) is 13.0 Å². The molecule has 0 radical (unpaired) electrons. The summed E-state index contributed by atoms with van der Waals surface area (Å²) >= 11 is 3.54. The fraction of sp³-hybridized carbons (Fsp3) is 0.133. The molecule has 102 valence electrons. The van der Waals surface area contributed by atoms with Gasteiger partial charge in [-0.2, -0.15) is 0 Å². The minimum atomic E-state index is -0.251. The fourth-order valence-electron chi connectivity index (χ4n) is 2.32. The summed E-state index contributed by atoms with van der Waals surface area (Å²) in [5, 5.41) is 0. The number of aromatic nitrogens is 2. The van der Waals surface area contributed by atoms with Crippen LogP contribution in [0.4, 0.5) is 4.39 Å². The molecule has 0 aliphatic heterocycles. The second kappa shape index (κ2) is 5.34. The van der Waals surface area contributed by atoms with Crippen LogP contribution >= 0.6 is 15.9 Å². The molecule has 0 atom stereocenters. The second-order valence-electron chi connectivity index (χ2n) is 4.49. The molecule has 0 amide bonds. The Morgan fingerprint density at radius 2 is 1.90 bits per heavy atom. The Kier molecular flexibility index (Phi) is 3.54. The van der Waals surface area contributed by atoms with Gasteiger partial charge < -0.3 is 5.73 Å². The van der Waals surface area contributed by atoms with Gasteiger partial charge in [-0.1, -0.05) is 6.07 Å². The summed E-state index contributed by atoms with van der Waals surface area (Å²) in [5.74, 6) is -0.251. The number of rotatable bonds is 3. The summed E-state index contributed by atoms with van der Waals surface area (Å²) in [6.45, 7) is 0.531. The monoisotopic (exact) mass is 333 g/mol. The van der Waals surface area contributed by atoms with Crippen molar-refractivity contribution in [1.82, 2.24) is 9.38 Å². The van der Waals surface area contributed by atoms with E-state index in [4.69, 9.17) is 5.73 Å². The topological polar surface area (TPSA) is 43.3 Å². The molecule has 3 aromatic rings. The summed E-state index contributed by atoms with van der Waals surface area (Å²) in [7, 11) is 0. The zero-order valence-electron chi connectivity index (χ0n) is 10.7. The first-order chi connectivity index (χ1) is 9.70. The van der Waals surface area contributed by atoms with Crippen LogP contribution in [0.5, 0.6) is 0 Å². The number of nitrogens with zero attached hydrogens (tertiary/aromatic N) is 2. The van der Waals surface area contributed by atoms with Crippen LogP contribution < -0.4 is 5.73 Å². The number of imidazole rings is 1. The van der Waals surface area contributed by atoms with Crippen molar-refractivity contribution in [2.75, 3.05) is 6.54 Å². The first-order valence-corrected chi connectivity index (χ1v) is 7.12. The molecule has 0 saturated heterocycles. The van der Waals surface area contributed by atoms with E-state index in [1.165, 1.54) is 12.1 Å². The molecule has 0 aliphatic carbocycles.